The fourth-order valence-corrected chi connectivity index (χ4v) is 1.64. The summed E-state index contributed by atoms with van der Waals surface area (Å²) in [5, 5.41) is 3.85. The van der Waals surface area contributed by atoms with E-state index in [4.69, 9.17) is 11.2 Å². The lowest BCUT2D eigenvalue weighted by atomic mass is 10.2. The quantitative estimate of drug-likeness (QED) is 0.524. The Balaban J connectivity index is 1.96. The highest BCUT2D eigenvalue weighted by Gasteiger charge is 2.03. The lowest BCUT2D eigenvalue weighted by molar-refractivity contribution is 0.0955. The fraction of sp³-hybridized carbons (Fsp3) is 0.0588. The summed E-state index contributed by atoms with van der Waals surface area (Å²) in [6.07, 6.45) is 6.60. The SMILES string of the molecule is C#CCOc1cccc(/C=N\NC(=O)c2ccc(F)cc2)c1. The number of amides is 1. The zero-order chi connectivity index (χ0) is 15.8. The molecule has 0 spiro atoms. The summed E-state index contributed by atoms with van der Waals surface area (Å²) in [5.41, 5.74) is 3.43. The highest BCUT2D eigenvalue weighted by Crippen LogP contribution is 2.11. The Morgan fingerprint density at radius 1 is 1.32 bits per heavy atom. The second kappa shape index (κ2) is 7.60. The lowest BCUT2D eigenvalue weighted by Gasteiger charge is -2.02. The maximum atomic E-state index is 12.8. The smallest absolute Gasteiger partial charge is 0.271 e. The van der Waals surface area contributed by atoms with Crippen LogP contribution in [0.5, 0.6) is 5.75 Å². The summed E-state index contributed by atoms with van der Waals surface area (Å²) in [6.45, 7) is 0.182. The molecule has 0 fully saturated rings. The molecular formula is C17H13FN2O2. The molecule has 0 heterocycles. The van der Waals surface area contributed by atoms with E-state index in [1.54, 1.807) is 24.3 Å². The molecule has 2 aromatic rings. The fourth-order valence-electron chi connectivity index (χ4n) is 1.64. The topological polar surface area (TPSA) is 50.7 Å². The number of benzene rings is 2. The summed E-state index contributed by atoms with van der Waals surface area (Å²) in [6, 6.07) is 12.3. The van der Waals surface area contributed by atoms with E-state index in [0.29, 0.717) is 11.3 Å². The first-order valence-corrected chi connectivity index (χ1v) is 6.44. The van der Waals surface area contributed by atoms with Gasteiger partial charge in [0.15, 0.2) is 0 Å². The second-order valence-electron chi connectivity index (χ2n) is 4.27. The predicted molar refractivity (Wildman–Crippen MR) is 82.2 cm³/mol. The van der Waals surface area contributed by atoms with Crippen molar-refractivity contribution in [3.8, 4) is 18.1 Å². The van der Waals surface area contributed by atoms with Gasteiger partial charge in [0.2, 0.25) is 0 Å². The van der Waals surface area contributed by atoms with Gasteiger partial charge in [-0.15, -0.1) is 6.42 Å². The van der Waals surface area contributed by atoms with E-state index in [1.165, 1.54) is 30.5 Å². The van der Waals surface area contributed by atoms with Crippen LogP contribution < -0.4 is 10.2 Å². The zero-order valence-electron chi connectivity index (χ0n) is 11.6. The van der Waals surface area contributed by atoms with Crippen LogP contribution in [-0.2, 0) is 0 Å². The Morgan fingerprint density at radius 3 is 2.82 bits per heavy atom. The minimum atomic E-state index is -0.420. The van der Waals surface area contributed by atoms with Gasteiger partial charge in [0.05, 0.1) is 6.21 Å². The Labute approximate surface area is 127 Å². The van der Waals surface area contributed by atoms with Crippen molar-refractivity contribution >= 4 is 12.1 Å². The average Bonchev–Trinajstić information content (AvgIpc) is 2.54. The largest absolute Gasteiger partial charge is 0.481 e. The highest BCUT2D eigenvalue weighted by molar-refractivity contribution is 5.94. The average molecular weight is 296 g/mol. The summed E-state index contributed by atoms with van der Waals surface area (Å²) in [4.78, 5) is 11.8. The summed E-state index contributed by atoms with van der Waals surface area (Å²) < 4.78 is 18.0. The Bertz CT molecular complexity index is 718. The number of rotatable bonds is 5. The van der Waals surface area contributed by atoms with Gasteiger partial charge in [0.25, 0.3) is 5.91 Å². The van der Waals surface area contributed by atoms with Gasteiger partial charge in [0, 0.05) is 5.56 Å². The molecule has 0 saturated heterocycles. The molecule has 0 aliphatic heterocycles. The number of nitrogens with zero attached hydrogens (tertiary/aromatic N) is 1. The molecule has 0 aromatic heterocycles. The standard InChI is InChI=1S/C17H13FN2O2/c1-2-10-22-16-5-3-4-13(11-16)12-19-20-17(21)14-6-8-15(18)9-7-14/h1,3-9,11-12H,10H2,(H,20,21)/b19-12-. The van der Waals surface area contributed by atoms with Crippen molar-refractivity contribution in [3.05, 3.63) is 65.5 Å². The van der Waals surface area contributed by atoms with Crippen molar-refractivity contribution in [1.29, 1.82) is 0 Å². The number of carbonyl (C=O) groups excluding carboxylic acids is 1. The van der Waals surface area contributed by atoms with Gasteiger partial charge < -0.3 is 4.74 Å². The second-order valence-corrected chi connectivity index (χ2v) is 4.27. The molecule has 0 radical (unpaired) electrons. The third-order valence-corrected chi connectivity index (χ3v) is 2.67. The Hall–Kier alpha value is -3.13. The number of ether oxygens (including phenoxy) is 1. The maximum absolute atomic E-state index is 12.8. The molecule has 1 amide bonds. The first-order chi connectivity index (χ1) is 10.7. The van der Waals surface area contributed by atoms with Gasteiger partial charge in [-0.3, -0.25) is 4.79 Å². The van der Waals surface area contributed by atoms with Gasteiger partial charge in [-0.05, 0) is 42.0 Å². The zero-order valence-corrected chi connectivity index (χ0v) is 11.6. The van der Waals surface area contributed by atoms with Crippen LogP contribution in [0.15, 0.2) is 53.6 Å². The molecule has 22 heavy (non-hydrogen) atoms. The van der Waals surface area contributed by atoms with Crippen molar-refractivity contribution in [3.63, 3.8) is 0 Å². The molecule has 4 nitrogen and oxygen atoms in total. The Morgan fingerprint density at radius 2 is 2.09 bits per heavy atom. The molecule has 1 N–H and O–H groups in total. The van der Waals surface area contributed by atoms with Crippen molar-refractivity contribution in [2.24, 2.45) is 5.10 Å². The number of hydrogen-bond donors (Lipinski definition) is 1. The molecule has 0 bridgehead atoms. The van der Waals surface area contributed by atoms with Crippen LogP contribution >= 0.6 is 0 Å². The van der Waals surface area contributed by atoms with E-state index in [0.717, 1.165) is 5.56 Å². The third-order valence-electron chi connectivity index (χ3n) is 2.67. The van der Waals surface area contributed by atoms with E-state index in [9.17, 15) is 9.18 Å². The molecule has 2 aromatic carbocycles. The number of nitrogens with one attached hydrogen (secondary N) is 1. The van der Waals surface area contributed by atoms with Crippen LogP contribution in [0.1, 0.15) is 15.9 Å². The Kier molecular flexibility index (Phi) is 5.27. The minimum Gasteiger partial charge on any atom is -0.481 e. The van der Waals surface area contributed by atoms with Crippen molar-refractivity contribution in [1.82, 2.24) is 5.43 Å². The summed E-state index contributed by atoms with van der Waals surface area (Å²) >= 11 is 0. The van der Waals surface area contributed by atoms with Gasteiger partial charge in [-0.2, -0.15) is 5.10 Å². The summed E-state index contributed by atoms with van der Waals surface area (Å²) in [7, 11) is 0. The van der Waals surface area contributed by atoms with Gasteiger partial charge in [-0.25, -0.2) is 9.82 Å². The first-order valence-electron chi connectivity index (χ1n) is 6.44. The number of hydrogen-bond acceptors (Lipinski definition) is 3. The number of halogens is 1. The van der Waals surface area contributed by atoms with Crippen molar-refractivity contribution in [2.45, 2.75) is 0 Å². The van der Waals surface area contributed by atoms with Crippen molar-refractivity contribution < 1.29 is 13.9 Å². The molecule has 110 valence electrons. The van der Waals surface area contributed by atoms with E-state index < -0.39 is 11.7 Å². The molecule has 0 saturated carbocycles. The third kappa shape index (κ3) is 4.46. The van der Waals surface area contributed by atoms with Crippen LogP contribution in [0.4, 0.5) is 4.39 Å². The molecule has 2 rings (SSSR count). The number of carbonyl (C=O) groups is 1. The monoisotopic (exact) mass is 296 g/mol. The van der Waals surface area contributed by atoms with Crippen molar-refractivity contribution in [2.75, 3.05) is 6.61 Å². The predicted octanol–water partition coefficient (Wildman–Crippen LogP) is 2.60. The molecule has 0 aliphatic rings. The molecule has 0 atom stereocenters. The van der Waals surface area contributed by atoms with E-state index in [2.05, 4.69) is 16.4 Å². The van der Waals surface area contributed by atoms with Gasteiger partial charge in [-0.1, -0.05) is 18.1 Å². The molecule has 0 unspecified atom stereocenters. The van der Waals surface area contributed by atoms with Crippen LogP contribution in [0.25, 0.3) is 0 Å². The van der Waals surface area contributed by atoms with Gasteiger partial charge in [0.1, 0.15) is 18.2 Å². The number of hydrazone groups is 1. The van der Waals surface area contributed by atoms with Gasteiger partial charge >= 0.3 is 0 Å². The van der Waals surface area contributed by atoms with E-state index in [-0.39, 0.29) is 6.61 Å². The first kappa shape index (κ1) is 15.3. The number of terminal acetylenes is 1. The maximum Gasteiger partial charge on any atom is 0.271 e. The summed E-state index contributed by atoms with van der Waals surface area (Å²) in [5.74, 6) is 2.17. The molecule has 5 heteroatoms. The van der Waals surface area contributed by atoms with Crippen LogP contribution in [0.2, 0.25) is 0 Å². The normalized spacial score (nSPS) is 10.2. The van der Waals surface area contributed by atoms with Crippen LogP contribution in [0.3, 0.4) is 0 Å². The van der Waals surface area contributed by atoms with Crippen LogP contribution in [-0.4, -0.2) is 18.7 Å². The van der Waals surface area contributed by atoms with E-state index in [1.807, 2.05) is 0 Å². The highest BCUT2D eigenvalue weighted by atomic mass is 19.1. The lowest BCUT2D eigenvalue weighted by Crippen LogP contribution is -2.17. The van der Waals surface area contributed by atoms with Crippen LogP contribution in [0, 0.1) is 18.2 Å². The molecule has 0 aliphatic carbocycles. The van der Waals surface area contributed by atoms with E-state index >= 15 is 0 Å². The minimum absolute atomic E-state index is 0.182. The molecular weight excluding hydrogens is 283 g/mol.